The fraction of sp³-hybridized carbons (Fsp3) is 0.185. The first kappa shape index (κ1) is 20.6. The maximum Gasteiger partial charge on any atom is 0.344 e. The van der Waals surface area contributed by atoms with Crippen LogP contribution in [0.5, 0.6) is 11.5 Å². The van der Waals surface area contributed by atoms with E-state index in [0.29, 0.717) is 17.0 Å². The number of hydrogen-bond acceptors (Lipinski definition) is 4. The summed E-state index contributed by atoms with van der Waals surface area (Å²) in [6.07, 6.45) is 0. The Morgan fingerprint density at radius 1 is 0.935 bits per heavy atom. The molecule has 4 aromatic rings. The van der Waals surface area contributed by atoms with Gasteiger partial charge in [-0.2, -0.15) is 0 Å². The summed E-state index contributed by atoms with van der Waals surface area (Å²) in [6, 6.07) is 23.0. The first-order valence-corrected chi connectivity index (χ1v) is 10.3. The number of carbonyl (C=O) groups excluding carboxylic acids is 1. The summed E-state index contributed by atoms with van der Waals surface area (Å²) >= 11 is 0. The van der Waals surface area contributed by atoms with Crippen molar-refractivity contribution in [2.75, 3.05) is 7.11 Å². The number of ether oxygens (including phenoxy) is 2. The van der Waals surface area contributed by atoms with Gasteiger partial charge in [0.15, 0.2) is 0 Å². The molecule has 0 aliphatic rings. The Hall–Kier alpha value is -3.66. The zero-order valence-corrected chi connectivity index (χ0v) is 18.2. The van der Waals surface area contributed by atoms with Crippen molar-refractivity contribution >= 4 is 16.9 Å². The van der Waals surface area contributed by atoms with Gasteiger partial charge < -0.3 is 9.47 Å². The van der Waals surface area contributed by atoms with Crippen LogP contribution in [0.4, 0.5) is 0 Å². The van der Waals surface area contributed by atoms with Crippen LogP contribution in [0.15, 0.2) is 72.8 Å². The van der Waals surface area contributed by atoms with Gasteiger partial charge in [-0.15, -0.1) is 0 Å². The second-order valence-corrected chi connectivity index (χ2v) is 7.89. The summed E-state index contributed by atoms with van der Waals surface area (Å²) in [5.74, 6) is 1.23. The van der Waals surface area contributed by atoms with Crippen LogP contribution in [0.1, 0.15) is 41.3 Å². The van der Waals surface area contributed by atoms with Crippen molar-refractivity contribution in [3.05, 3.63) is 89.5 Å². The fourth-order valence-corrected chi connectivity index (χ4v) is 3.62. The molecule has 0 saturated heterocycles. The number of esters is 1. The molecule has 0 N–H and O–H groups in total. The second kappa shape index (κ2) is 8.60. The van der Waals surface area contributed by atoms with E-state index in [2.05, 4.69) is 13.8 Å². The third kappa shape index (κ3) is 4.29. The van der Waals surface area contributed by atoms with Crippen LogP contribution in [0.3, 0.4) is 0 Å². The molecule has 4 nitrogen and oxygen atoms in total. The van der Waals surface area contributed by atoms with Crippen molar-refractivity contribution in [3.8, 4) is 22.8 Å². The molecule has 3 aromatic carbocycles. The van der Waals surface area contributed by atoms with Crippen LogP contribution in [0, 0.1) is 6.92 Å². The van der Waals surface area contributed by atoms with Gasteiger partial charge in [-0.25, -0.2) is 9.78 Å². The van der Waals surface area contributed by atoms with Crippen LogP contribution < -0.4 is 9.47 Å². The molecule has 0 atom stereocenters. The molecule has 0 fully saturated rings. The molecular weight excluding hydrogens is 386 g/mol. The maximum atomic E-state index is 13.3. The van der Waals surface area contributed by atoms with E-state index in [4.69, 9.17) is 14.5 Å². The molecule has 0 radical (unpaired) electrons. The molecule has 4 heteroatoms. The Balaban J connectivity index is 1.79. The largest absolute Gasteiger partial charge is 0.497 e. The number of hydrogen-bond donors (Lipinski definition) is 0. The molecule has 1 heterocycles. The van der Waals surface area contributed by atoms with E-state index >= 15 is 0 Å². The van der Waals surface area contributed by atoms with E-state index in [0.717, 1.165) is 33.3 Å². The molecule has 0 bridgehead atoms. The third-order valence-corrected chi connectivity index (χ3v) is 5.32. The smallest absolute Gasteiger partial charge is 0.344 e. The number of pyridine rings is 1. The van der Waals surface area contributed by atoms with E-state index in [-0.39, 0.29) is 11.9 Å². The number of benzene rings is 3. The van der Waals surface area contributed by atoms with Crippen LogP contribution in [-0.2, 0) is 0 Å². The molecule has 0 amide bonds. The van der Waals surface area contributed by atoms with Gasteiger partial charge in [0, 0.05) is 10.9 Å². The van der Waals surface area contributed by atoms with Crippen molar-refractivity contribution in [1.29, 1.82) is 0 Å². The van der Waals surface area contributed by atoms with Gasteiger partial charge in [0.1, 0.15) is 11.5 Å². The minimum atomic E-state index is -0.388. The monoisotopic (exact) mass is 411 g/mol. The lowest BCUT2D eigenvalue weighted by Gasteiger charge is -2.15. The van der Waals surface area contributed by atoms with Crippen molar-refractivity contribution in [2.24, 2.45) is 0 Å². The summed E-state index contributed by atoms with van der Waals surface area (Å²) < 4.78 is 11.2. The Kier molecular flexibility index (Phi) is 5.72. The zero-order chi connectivity index (χ0) is 22.0. The number of carbonyl (C=O) groups is 1. The number of nitrogens with zero attached hydrogens (tertiary/aromatic N) is 1. The van der Waals surface area contributed by atoms with Gasteiger partial charge >= 0.3 is 5.97 Å². The summed E-state index contributed by atoms with van der Waals surface area (Å²) in [5, 5.41) is 0.767. The van der Waals surface area contributed by atoms with Crippen molar-refractivity contribution in [2.45, 2.75) is 26.7 Å². The molecular formula is C27H25NO3. The zero-order valence-electron chi connectivity index (χ0n) is 18.2. The highest BCUT2D eigenvalue weighted by molar-refractivity contribution is 6.05. The number of aryl methyl sites for hydroxylation is 1. The van der Waals surface area contributed by atoms with E-state index in [1.807, 2.05) is 73.7 Å². The highest BCUT2D eigenvalue weighted by atomic mass is 16.5. The molecule has 31 heavy (non-hydrogen) atoms. The predicted molar refractivity (Wildman–Crippen MR) is 124 cm³/mol. The number of methoxy groups -OCH3 is 1. The summed E-state index contributed by atoms with van der Waals surface area (Å²) in [7, 11) is 1.63. The number of aromatic nitrogens is 1. The van der Waals surface area contributed by atoms with Gasteiger partial charge in [0.25, 0.3) is 0 Å². The van der Waals surface area contributed by atoms with E-state index in [1.165, 1.54) is 0 Å². The Bertz CT molecular complexity index is 1240. The molecule has 0 aliphatic carbocycles. The molecule has 4 rings (SSSR count). The van der Waals surface area contributed by atoms with Gasteiger partial charge in [-0.05, 0) is 66.4 Å². The van der Waals surface area contributed by atoms with E-state index in [9.17, 15) is 4.79 Å². The predicted octanol–water partition coefficient (Wildman–Crippen LogP) is 6.56. The van der Waals surface area contributed by atoms with Crippen molar-refractivity contribution in [3.63, 3.8) is 0 Å². The summed E-state index contributed by atoms with van der Waals surface area (Å²) in [4.78, 5) is 18.1. The molecule has 0 saturated carbocycles. The Labute approximate surface area is 182 Å². The van der Waals surface area contributed by atoms with Gasteiger partial charge in [-0.3, -0.25) is 0 Å². The standard InChI is InChI=1S/C27H25NO3/c1-17(2)21-14-9-18(3)15-26(21)31-27(29)23-16-25(19-10-12-20(30-4)13-11-19)28-24-8-6-5-7-22(23)24/h5-17H,1-4H3. The molecule has 0 spiro atoms. The first-order valence-electron chi connectivity index (χ1n) is 10.3. The Morgan fingerprint density at radius 3 is 2.39 bits per heavy atom. The second-order valence-electron chi connectivity index (χ2n) is 7.89. The minimum Gasteiger partial charge on any atom is -0.497 e. The lowest BCUT2D eigenvalue weighted by Crippen LogP contribution is -2.12. The fourth-order valence-electron chi connectivity index (χ4n) is 3.62. The number of para-hydroxylation sites is 1. The topological polar surface area (TPSA) is 48.4 Å². The van der Waals surface area contributed by atoms with Crippen LogP contribution in [0.2, 0.25) is 0 Å². The summed E-state index contributed by atoms with van der Waals surface area (Å²) in [5.41, 5.74) is 4.91. The van der Waals surface area contributed by atoms with E-state index < -0.39 is 0 Å². The Morgan fingerprint density at radius 2 is 1.68 bits per heavy atom. The van der Waals surface area contributed by atoms with Crippen LogP contribution >= 0.6 is 0 Å². The normalized spacial score (nSPS) is 11.0. The van der Waals surface area contributed by atoms with Crippen molar-refractivity contribution in [1.82, 2.24) is 4.98 Å². The van der Waals surface area contributed by atoms with Crippen LogP contribution in [0.25, 0.3) is 22.2 Å². The lowest BCUT2D eigenvalue weighted by atomic mass is 10.0. The highest BCUT2D eigenvalue weighted by Gasteiger charge is 2.18. The third-order valence-electron chi connectivity index (χ3n) is 5.32. The van der Waals surface area contributed by atoms with E-state index in [1.54, 1.807) is 13.2 Å². The highest BCUT2D eigenvalue weighted by Crippen LogP contribution is 2.30. The first-order chi connectivity index (χ1) is 15.0. The maximum absolute atomic E-state index is 13.3. The average Bonchev–Trinajstić information content (AvgIpc) is 2.78. The number of fused-ring (bicyclic) bond motifs is 1. The van der Waals surface area contributed by atoms with Gasteiger partial charge in [-0.1, -0.05) is 44.2 Å². The van der Waals surface area contributed by atoms with Crippen LogP contribution in [-0.4, -0.2) is 18.1 Å². The molecule has 156 valence electrons. The quantitative estimate of drug-likeness (QED) is 0.276. The van der Waals surface area contributed by atoms with Gasteiger partial charge in [0.05, 0.1) is 23.9 Å². The minimum absolute atomic E-state index is 0.243. The molecule has 0 aliphatic heterocycles. The lowest BCUT2D eigenvalue weighted by molar-refractivity contribution is 0.0735. The molecule has 1 aromatic heterocycles. The molecule has 0 unspecified atom stereocenters. The summed E-state index contributed by atoms with van der Waals surface area (Å²) in [6.45, 7) is 6.17. The number of rotatable bonds is 5. The van der Waals surface area contributed by atoms with Crippen molar-refractivity contribution < 1.29 is 14.3 Å². The SMILES string of the molecule is COc1ccc(-c2cc(C(=O)Oc3cc(C)ccc3C(C)C)c3ccccc3n2)cc1. The van der Waals surface area contributed by atoms with Gasteiger partial charge in [0.2, 0.25) is 0 Å². The average molecular weight is 412 g/mol.